The van der Waals surface area contributed by atoms with E-state index in [1.165, 1.54) is 24.8 Å². The minimum atomic E-state index is -0.304. The molecule has 7 heteroatoms. The van der Waals surface area contributed by atoms with Gasteiger partial charge in [-0.3, -0.25) is 9.59 Å². The average Bonchev–Trinajstić information content (AvgIpc) is 2.89. The molecule has 39 heavy (non-hydrogen) atoms. The molecule has 2 aromatic rings. The summed E-state index contributed by atoms with van der Waals surface area (Å²) < 4.78 is 6.32. The van der Waals surface area contributed by atoms with Crippen LogP contribution in [-0.2, 0) is 11.2 Å². The SMILES string of the molecule is CC1(C)C(NC(=O)c2ccc(CCCCCCCCCC(N)=O)cc2)C(C)(C)C1Oc1ccc(C#N)c(Cl)c1. The van der Waals surface area contributed by atoms with E-state index in [0.717, 1.165) is 32.1 Å². The third kappa shape index (κ3) is 7.76. The number of hydrogen-bond acceptors (Lipinski definition) is 4. The Kier molecular flexibility index (Phi) is 10.4. The number of halogens is 1. The molecule has 3 N–H and O–H groups in total. The standard InChI is InChI=1S/C32H42ClN3O3/c1-31(2)29(32(3,4)30(31)39-25-19-18-24(21-34)26(33)20-25)36-28(38)23-16-14-22(15-17-23)12-10-8-6-5-7-9-11-13-27(35)37/h14-20,29-30H,5-13H2,1-4H3,(H2,35,37)(H,36,38). The van der Waals surface area contributed by atoms with E-state index in [1.807, 2.05) is 12.1 Å². The summed E-state index contributed by atoms with van der Waals surface area (Å²) in [5.74, 6) is 0.328. The highest BCUT2D eigenvalue weighted by Gasteiger charge is 2.64. The number of ether oxygens (including phenoxy) is 1. The van der Waals surface area contributed by atoms with Crippen molar-refractivity contribution in [2.75, 3.05) is 0 Å². The molecule has 0 bridgehead atoms. The summed E-state index contributed by atoms with van der Waals surface area (Å²) in [7, 11) is 0. The third-order valence-electron chi connectivity index (χ3n) is 8.03. The molecule has 0 heterocycles. The van der Waals surface area contributed by atoms with E-state index in [-0.39, 0.29) is 34.8 Å². The predicted octanol–water partition coefficient (Wildman–Crippen LogP) is 6.97. The van der Waals surface area contributed by atoms with Crippen molar-refractivity contribution in [1.29, 1.82) is 5.26 Å². The first-order valence-corrected chi connectivity index (χ1v) is 14.4. The van der Waals surface area contributed by atoms with Gasteiger partial charge in [0, 0.05) is 34.9 Å². The van der Waals surface area contributed by atoms with E-state index in [4.69, 9.17) is 27.3 Å². The van der Waals surface area contributed by atoms with E-state index in [0.29, 0.717) is 28.3 Å². The van der Waals surface area contributed by atoms with Crippen molar-refractivity contribution in [3.05, 3.63) is 64.2 Å². The van der Waals surface area contributed by atoms with Crippen molar-refractivity contribution in [3.8, 4) is 11.8 Å². The lowest BCUT2D eigenvalue weighted by atomic mass is 9.49. The van der Waals surface area contributed by atoms with E-state index >= 15 is 0 Å². The average molecular weight is 552 g/mol. The molecule has 2 amide bonds. The number of nitrogens with two attached hydrogens (primary N) is 1. The van der Waals surface area contributed by atoms with Crippen LogP contribution in [0.3, 0.4) is 0 Å². The Hall–Kier alpha value is -3.04. The van der Waals surface area contributed by atoms with Crippen molar-refractivity contribution in [1.82, 2.24) is 5.32 Å². The molecular formula is C32H42ClN3O3. The normalized spacial score (nSPS) is 19.0. The van der Waals surface area contributed by atoms with Crippen LogP contribution >= 0.6 is 11.6 Å². The lowest BCUT2D eigenvalue weighted by Crippen LogP contribution is -2.74. The molecule has 3 rings (SSSR count). The van der Waals surface area contributed by atoms with Crippen LogP contribution in [0.25, 0.3) is 0 Å². The first-order chi connectivity index (χ1) is 18.5. The minimum Gasteiger partial charge on any atom is -0.489 e. The number of carbonyl (C=O) groups is 2. The summed E-state index contributed by atoms with van der Waals surface area (Å²) in [5.41, 5.74) is 6.87. The largest absolute Gasteiger partial charge is 0.489 e. The Bertz CT molecular complexity index is 1170. The fourth-order valence-electron chi connectivity index (χ4n) is 6.15. The van der Waals surface area contributed by atoms with Crippen LogP contribution in [0.15, 0.2) is 42.5 Å². The predicted molar refractivity (Wildman–Crippen MR) is 156 cm³/mol. The van der Waals surface area contributed by atoms with Gasteiger partial charge in [-0.05, 0) is 49.1 Å². The maximum absolute atomic E-state index is 13.1. The lowest BCUT2D eigenvalue weighted by Gasteiger charge is -2.63. The molecule has 0 unspecified atom stereocenters. The molecule has 210 valence electrons. The van der Waals surface area contributed by atoms with Crippen LogP contribution in [0.4, 0.5) is 0 Å². The number of amides is 2. The lowest BCUT2D eigenvalue weighted by molar-refractivity contribution is -0.164. The van der Waals surface area contributed by atoms with Crippen molar-refractivity contribution in [2.24, 2.45) is 16.6 Å². The van der Waals surface area contributed by atoms with Crippen LogP contribution in [0.1, 0.15) is 101 Å². The quantitative estimate of drug-likeness (QED) is 0.247. The molecule has 0 spiro atoms. The summed E-state index contributed by atoms with van der Waals surface area (Å²) in [6.45, 7) is 8.40. The molecule has 0 saturated heterocycles. The first-order valence-electron chi connectivity index (χ1n) is 14.0. The van der Waals surface area contributed by atoms with Gasteiger partial charge in [-0.1, -0.05) is 83.5 Å². The van der Waals surface area contributed by atoms with Gasteiger partial charge in [-0.15, -0.1) is 0 Å². The van der Waals surface area contributed by atoms with Crippen LogP contribution in [0.2, 0.25) is 5.02 Å². The molecule has 6 nitrogen and oxygen atoms in total. The molecule has 0 atom stereocenters. The van der Waals surface area contributed by atoms with E-state index in [1.54, 1.807) is 18.2 Å². The van der Waals surface area contributed by atoms with Gasteiger partial charge >= 0.3 is 0 Å². The van der Waals surface area contributed by atoms with Crippen molar-refractivity contribution < 1.29 is 14.3 Å². The summed E-state index contributed by atoms with van der Waals surface area (Å²) in [6.07, 6.45) is 9.18. The Morgan fingerprint density at radius 3 is 2.10 bits per heavy atom. The highest BCUT2D eigenvalue weighted by Crippen LogP contribution is 2.55. The van der Waals surface area contributed by atoms with Crippen LogP contribution in [-0.4, -0.2) is 24.0 Å². The highest BCUT2D eigenvalue weighted by atomic mass is 35.5. The second-order valence-electron chi connectivity index (χ2n) is 11.9. The molecule has 1 saturated carbocycles. The maximum Gasteiger partial charge on any atom is 0.251 e. The fraction of sp³-hybridized carbons (Fsp3) is 0.531. The number of nitriles is 1. The van der Waals surface area contributed by atoms with Crippen LogP contribution < -0.4 is 15.8 Å². The molecule has 2 aromatic carbocycles. The van der Waals surface area contributed by atoms with Gasteiger partial charge in [0.05, 0.1) is 10.6 Å². The van der Waals surface area contributed by atoms with Gasteiger partial charge in [0.25, 0.3) is 5.91 Å². The second-order valence-corrected chi connectivity index (χ2v) is 12.3. The van der Waals surface area contributed by atoms with Gasteiger partial charge in [-0.2, -0.15) is 5.26 Å². The summed E-state index contributed by atoms with van der Waals surface area (Å²) in [5, 5.41) is 12.7. The minimum absolute atomic E-state index is 0.0770. The Morgan fingerprint density at radius 2 is 1.54 bits per heavy atom. The summed E-state index contributed by atoms with van der Waals surface area (Å²) in [4.78, 5) is 23.9. The molecule has 0 radical (unpaired) electrons. The van der Waals surface area contributed by atoms with Gasteiger partial charge in [0.1, 0.15) is 17.9 Å². The molecule has 0 aliphatic heterocycles. The smallest absolute Gasteiger partial charge is 0.251 e. The van der Waals surface area contributed by atoms with Gasteiger partial charge < -0.3 is 15.8 Å². The van der Waals surface area contributed by atoms with Crippen molar-refractivity contribution >= 4 is 23.4 Å². The molecular weight excluding hydrogens is 510 g/mol. The second kappa shape index (κ2) is 13.3. The third-order valence-corrected chi connectivity index (χ3v) is 8.35. The Labute approximate surface area is 238 Å². The molecule has 0 aromatic heterocycles. The number of carbonyl (C=O) groups excluding carboxylic acids is 2. The topological polar surface area (TPSA) is 105 Å². The van der Waals surface area contributed by atoms with Crippen molar-refractivity contribution in [2.45, 2.75) is 97.6 Å². The summed E-state index contributed by atoms with van der Waals surface area (Å²) >= 11 is 6.19. The van der Waals surface area contributed by atoms with Crippen molar-refractivity contribution in [3.63, 3.8) is 0 Å². The highest BCUT2D eigenvalue weighted by molar-refractivity contribution is 6.31. The Balaban J connectivity index is 1.45. The number of nitrogens with zero attached hydrogens (tertiary/aromatic N) is 1. The Morgan fingerprint density at radius 1 is 0.949 bits per heavy atom. The first kappa shape index (κ1) is 30.5. The number of benzene rings is 2. The van der Waals surface area contributed by atoms with Crippen LogP contribution in [0, 0.1) is 22.2 Å². The van der Waals surface area contributed by atoms with E-state index in [2.05, 4.69) is 51.2 Å². The summed E-state index contributed by atoms with van der Waals surface area (Å²) in [6, 6.07) is 15.0. The number of hydrogen-bond donors (Lipinski definition) is 2. The number of rotatable bonds is 14. The van der Waals surface area contributed by atoms with Gasteiger partial charge in [0.2, 0.25) is 5.91 Å². The van der Waals surface area contributed by atoms with Crippen LogP contribution in [0.5, 0.6) is 5.75 Å². The fourth-order valence-corrected chi connectivity index (χ4v) is 6.36. The zero-order valence-corrected chi connectivity index (χ0v) is 24.4. The van der Waals surface area contributed by atoms with E-state index < -0.39 is 0 Å². The van der Waals surface area contributed by atoms with Gasteiger partial charge in [-0.25, -0.2) is 0 Å². The number of nitrogens with one attached hydrogen (secondary N) is 1. The number of primary amides is 1. The number of unbranched alkanes of at least 4 members (excludes halogenated alkanes) is 6. The monoisotopic (exact) mass is 551 g/mol. The number of aryl methyl sites for hydroxylation is 1. The maximum atomic E-state index is 13.1. The molecule has 1 aliphatic rings. The van der Waals surface area contributed by atoms with Gasteiger partial charge in [0.15, 0.2) is 0 Å². The zero-order chi connectivity index (χ0) is 28.6. The molecule has 1 fully saturated rings. The zero-order valence-electron chi connectivity index (χ0n) is 23.7. The molecule has 1 aliphatic carbocycles. The van der Waals surface area contributed by atoms with E-state index in [9.17, 15) is 9.59 Å².